The molecule has 0 fully saturated rings. The highest BCUT2D eigenvalue weighted by molar-refractivity contribution is 5.94. The Kier molecular flexibility index (Phi) is 5.47. The maximum Gasteiger partial charge on any atom is 0.251 e. The average molecular weight is 392 g/mol. The van der Waals surface area contributed by atoms with Gasteiger partial charge in [-0.1, -0.05) is 0 Å². The van der Waals surface area contributed by atoms with Crippen LogP contribution in [-0.4, -0.2) is 24.3 Å². The molecule has 0 unspecified atom stereocenters. The van der Waals surface area contributed by atoms with Crippen LogP contribution in [-0.2, 0) is 6.54 Å². The number of nitrogens with one attached hydrogen (secondary N) is 1. The van der Waals surface area contributed by atoms with E-state index in [0.717, 1.165) is 11.3 Å². The lowest BCUT2D eigenvalue weighted by atomic mass is 10.2. The number of rotatable bonds is 7. The van der Waals surface area contributed by atoms with Gasteiger partial charge in [0.25, 0.3) is 5.91 Å². The SMILES string of the molecule is CCOc1ccc(Oc2cc(CNC(=O)c3ccc4c(c3)OCO4)ccn2)cc1. The van der Waals surface area contributed by atoms with Gasteiger partial charge in [0.05, 0.1) is 6.61 Å². The molecule has 3 aromatic rings. The minimum Gasteiger partial charge on any atom is -0.494 e. The summed E-state index contributed by atoms with van der Waals surface area (Å²) in [6.45, 7) is 3.07. The minimum absolute atomic E-state index is 0.175. The Morgan fingerprint density at radius 3 is 2.66 bits per heavy atom. The molecule has 29 heavy (non-hydrogen) atoms. The van der Waals surface area contributed by atoms with Crippen molar-refractivity contribution in [3.63, 3.8) is 0 Å². The standard InChI is InChI=1S/C22H20N2O5/c1-2-26-17-4-6-18(7-5-17)29-21-11-15(9-10-23-21)13-24-22(25)16-3-8-19-20(12-16)28-14-27-19/h3-12H,2,13-14H2,1H3,(H,24,25). The molecule has 0 spiro atoms. The van der Waals surface area contributed by atoms with Gasteiger partial charge in [-0.3, -0.25) is 4.79 Å². The molecule has 1 aliphatic rings. The van der Waals surface area contributed by atoms with E-state index in [1.165, 1.54) is 0 Å². The molecule has 0 aliphatic carbocycles. The molecule has 0 bridgehead atoms. The molecule has 0 radical (unpaired) electrons. The van der Waals surface area contributed by atoms with Gasteiger partial charge in [-0.15, -0.1) is 0 Å². The molecule has 148 valence electrons. The van der Waals surface area contributed by atoms with Gasteiger partial charge >= 0.3 is 0 Å². The van der Waals surface area contributed by atoms with Crippen LogP contribution in [0.4, 0.5) is 0 Å². The van der Waals surface area contributed by atoms with Crippen LogP contribution in [0.2, 0.25) is 0 Å². The summed E-state index contributed by atoms with van der Waals surface area (Å²) >= 11 is 0. The third-order valence-corrected chi connectivity index (χ3v) is 4.24. The molecule has 0 atom stereocenters. The molecule has 1 N–H and O–H groups in total. The zero-order chi connectivity index (χ0) is 20.1. The van der Waals surface area contributed by atoms with Gasteiger partial charge in [-0.25, -0.2) is 4.98 Å². The van der Waals surface area contributed by atoms with Crippen LogP contribution in [0.5, 0.6) is 28.9 Å². The van der Waals surface area contributed by atoms with E-state index < -0.39 is 0 Å². The van der Waals surface area contributed by atoms with Crippen LogP contribution in [0.15, 0.2) is 60.8 Å². The first-order valence-electron chi connectivity index (χ1n) is 9.25. The maximum absolute atomic E-state index is 12.4. The zero-order valence-corrected chi connectivity index (χ0v) is 15.9. The van der Waals surface area contributed by atoms with E-state index >= 15 is 0 Å². The number of benzene rings is 2. The number of fused-ring (bicyclic) bond motifs is 1. The van der Waals surface area contributed by atoms with Gasteiger partial charge in [0, 0.05) is 24.4 Å². The number of nitrogens with zero attached hydrogens (tertiary/aromatic N) is 1. The lowest BCUT2D eigenvalue weighted by Crippen LogP contribution is -2.22. The maximum atomic E-state index is 12.4. The molecular formula is C22H20N2O5. The molecule has 1 amide bonds. The summed E-state index contributed by atoms with van der Waals surface area (Å²) in [4.78, 5) is 16.6. The van der Waals surface area contributed by atoms with Crippen LogP contribution in [0.1, 0.15) is 22.8 Å². The van der Waals surface area contributed by atoms with Crippen molar-refractivity contribution >= 4 is 5.91 Å². The Hall–Kier alpha value is -3.74. The van der Waals surface area contributed by atoms with Crippen molar-refractivity contribution in [2.24, 2.45) is 0 Å². The molecule has 7 heteroatoms. The highest BCUT2D eigenvalue weighted by Gasteiger charge is 2.16. The van der Waals surface area contributed by atoms with E-state index in [4.69, 9.17) is 18.9 Å². The first kappa shape index (κ1) is 18.6. The van der Waals surface area contributed by atoms with Crippen molar-refractivity contribution in [2.45, 2.75) is 13.5 Å². The van der Waals surface area contributed by atoms with Crippen LogP contribution in [0, 0.1) is 0 Å². The third kappa shape index (κ3) is 4.57. The topological polar surface area (TPSA) is 78.9 Å². The van der Waals surface area contributed by atoms with Gasteiger partial charge in [0.1, 0.15) is 11.5 Å². The van der Waals surface area contributed by atoms with Crippen molar-refractivity contribution < 1.29 is 23.7 Å². The van der Waals surface area contributed by atoms with Crippen LogP contribution in [0.3, 0.4) is 0 Å². The zero-order valence-electron chi connectivity index (χ0n) is 15.9. The van der Waals surface area contributed by atoms with E-state index in [2.05, 4.69) is 10.3 Å². The van der Waals surface area contributed by atoms with Crippen LogP contribution < -0.4 is 24.3 Å². The highest BCUT2D eigenvalue weighted by Crippen LogP contribution is 2.32. The Bertz CT molecular complexity index is 1000. The molecule has 0 saturated carbocycles. The quantitative estimate of drug-likeness (QED) is 0.656. The lowest BCUT2D eigenvalue weighted by molar-refractivity contribution is 0.0950. The molecule has 1 aliphatic heterocycles. The average Bonchev–Trinajstić information content (AvgIpc) is 3.22. The molecule has 1 aromatic heterocycles. The summed E-state index contributed by atoms with van der Waals surface area (Å²) in [5, 5.41) is 2.88. The Morgan fingerprint density at radius 2 is 1.83 bits per heavy atom. The second-order valence-electron chi connectivity index (χ2n) is 6.26. The lowest BCUT2D eigenvalue weighted by Gasteiger charge is -2.09. The number of pyridine rings is 1. The summed E-state index contributed by atoms with van der Waals surface area (Å²) < 4.78 is 21.8. The van der Waals surface area contributed by atoms with Crippen molar-refractivity contribution in [3.05, 3.63) is 71.9 Å². The minimum atomic E-state index is -0.200. The molecule has 2 aromatic carbocycles. The Balaban J connectivity index is 1.36. The van der Waals surface area contributed by atoms with E-state index in [-0.39, 0.29) is 12.7 Å². The van der Waals surface area contributed by atoms with Crippen LogP contribution in [0.25, 0.3) is 0 Å². The first-order chi connectivity index (χ1) is 14.2. The number of carbonyl (C=O) groups is 1. The number of hydrogen-bond donors (Lipinski definition) is 1. The summed E-state index contributed by atoms with van der Waals surface area (Å²) in [5.41, 5.74) is 1.38. The second kappa shape index (κ2) is 8.52. The molecule has 2 heterocycles. The van der Waals surface area contributed by atoms with Gasteiger partial charge < -0.3 is 24.3 Å². The predicted octanol–water partition coefficient (Wildman–Crippen LogP) is 3.93. The van der Waals surface area contributed by atoms with Crippen molar-refractivity contribution in [1.82, 2.24) is 10.3 Å². The molecule has 0 saturated heterocycles. The summed E-state index contributed by atoms with van der Waals surface area (Å²) in [6.07, 6.45) is 1.64. The smallest absolute Gasteiger partial charge is 0.251 e. The Morgan fingerprint density at radius 1 is 1.03 bits per heavy atom. The summed E-state index contributed by atoms with van der Waals surface area (Å²) in [7, 11) is 0. The van der Waals surface area contributed by atoms with Gasteiger partial charge in [-0.2, -0.15) is 0 Å². The first-order valence-corrected chi connectivity index (χ1v) is 9.25. The summed E-state index contributed by atoms with van der Waals surface area (Å²) in [6, 6.07) is 16.0. The van der Waals surface area contributed by atoms with E-state index in [0.29, 0.717) is 41.8 Å². The van der Waals surface area contributed by atoms with Crippen molar-refractivity contribution in [1.29, 1.82) is 0 Å². The molecular weight excluding hydrogens is 372 g/mol. The largest absolute Gasteiger partial charge is 0.494 e. The molecule has 7 nitrogen and oxygen atoms in total. The monoisotopic (exact) mass is 392 g/mol. The second-order valence-corrected chi connectivity index (χ2v) is 6.26. The number of carbonyl (C=O) groups excluding carboxylic acids is 1. The predicted molar refractivity (Wildman–Crippen MR) is 106 cm³/mol. The van der Waals surface area contributed by atoms with E-state index in [9.17, 15) is 4.79 Å². The fourth-order valence-corrected chi connectivity index (χ4v) is 2.83. The third-order valence-electron chi connectivity index (χ3n) is 4.24. The normalized spacial score (nSPS) is 11.8. The van der Waals surface area contributed by atoms with Gasteiger partial charge in [0.15, 0.2) is 11.5 Å². The van der Waals surface area contributed by atoms with Gasteiger partial charge in [-0.05, 0) is 61.0 Å². The van der Waals surface area contributed by atoms with Crippen molar-refractivity contribution in [3.8, 4) is 28.9 Å². The van der Waals surface area contributed by atoms with Crippen molar-refractivity contribution in [2.75, 3.05) is 13.4 Å². The van der Waals surface area contributed by atoms with Crippen LogP contribution >= 0.6 is 0 Å². The number of ether oxygens (including phenoxy) is 4. The number of hydrogen-bond acceptors (Lipinski definition) is 6. The fourth-order valence-electron chi connectivity index (χ4n) is 2.83. The fraction of sp³-hybridized carbons (Fsp3) is 0.182. The number of aromatic nitrogens is 1. The molecule has 4 rings (SSSR count). The summed E-state index contributed by atoms with van der Waals surface area (Å²) in [5.74, 6) is 2.91. The number of amides is 1. The van der Waals surface area contributed by atoms with E-state index in [1.807, 2.05) is 37.3 Å². The van der Waals surface area contributed by atoms with Gasteiger partial charge in [0.2, 0.25) is 12.7 Å². The highest BCUT2D eigenvalue weighted by atomic mass is 16.7. The Labute approximate surface area is 168 Å². The van der Waals surface area contributed by atoms with E-state index in [1.54, 1.807) is 30.5 Å².